The van der Waals surface area contributed by atoms with Gasteiger partial charge in [-0.1, -0.05) is 28.1 Å². The minimum absolute atomic E-state index is 0.0403. The molecule has 0 aliphatic rings. The molecule has 0 amide bonds. The molecule has 0 spiro atoms. The van der Waals surface area contributed by atoms with Crippen LogP contribution in [0.4, 0.5) is 11.9 Å². The lowest BCUT2D eigenvalue weighted by Crippen LogP contribution is -2.17. The highest BCUT2D eigenvalue weighted by molar-refractivity contribution is 9.10. The first-order valence-corrected chi connectivity index (χ1v) is 10.4. The maximum absolute atomic E-state index is 5.64. The molecule has 1 heterocycles. The molecule has 0 radical (unpaired) electrons. The van der Waals surface area contributed by atoms with Crippen molar-refractivity contribution in [2.75, 3.05) is 50.2 Å². The van der Waals surface area contributed by atoms with Crippen LogP contribution in [0.2, 0.25) is 0 Å². The van der Waals surface area contributed by atoms with E-state index in [2.05, 4.69) is 41.5 Å². The number of anilines is 2. The average molecular weight is 469 g/mol. The van der Waals surface area contributed by atoms with Crippen LogP contribution in [0.5, 0.6) is 6.01 Å². The fourth-order valence-electron chi connectivity index (χ4n) is 2.20. The Morgan fingerprint density at radius 2 is 1.59 bits per heavy atom. The highest BCUT2D eigenvalue weighted by atomic mass is 79.9. The third-order valence-corrected chi connectivity index (χ3v) is 4.01. The summed E-state index contributed by atoms with van der Waals surface area (Å²) in [5, 5.41) is 6.34. The number of ether oxygens (including phenoxy) is 3. The van der Waals surface area contributed by atoms with Crippen molar-refractivity contribution in [1.82, 2.24) is 15.0 Å². The Hall–Kier alpha value is -2.01. The minimum Gasteiger partial charge on any atom is -0.461 e. The molecule has 9 nitrogen and oxygen atoms in total. The van der Waals surface area contributed by atoms with E-state index in [1.165, 1.54) is 0 Å². The predicted octanol–water partition coefficient (Wildman–Crippen LogP) is 2.44. The predicted molar refractivity (Wildman–Crippen MR) is 116 cm³/mol. The lowest BCUT2D eigenvalue weighted by Gasteiger charge is -2.12. The van der Waals surface area contributed by atoms with Crippen molar-refractivity contribution in [2.45, 2.75) is 26.5 Å². The molecule has 2 aromatic rings. The van der Waals surface area contributed by atoms with E-state index in [0.717, 1.165) is 10.0 Å². The topological polar surface area (TPSA) is 116 Å². The van der Waals surface area contributed by atoms with Crippen LogP contribution in [0, 0.1) is 0 Å². The first kappa shape index (κ1) is 23.3. The molecule has 29 heavy (non-hydrogen) atoms. The molecule has 0 bridgehead atoms. The van der Waals surface area contributed by atoms with Crippen LogP contribution in [-0.4, -0.2) is 60.6 Å². The lowest BCUT2D eigenvalue weighted by molar-refractivity contribution is 0.0547. The molecule has 0 aliphatic heterocycles. The number of nitrogens with one attached hydrogen (secondary N) is 2. The summed E-state index contributed by atoms with van der Waals surface area (Å²) in [6.45, 7) is 7.58. The van der Waals surface area contributed by atoms with Crippen LogP contribution in [0.15, 0.2) is 28.7 Å². The Kier molecular flexibility index (Phi) is 10.6. The van der Waals surface area contributed by atoms with Gasteiger partial charge in [-0.05, 0) is 31.5 Å². The standard InChI is InChI=1S/C19H29BrN6O3/c1-14(2)29-19-25-17(22-8-10-28-12-11-27-9-7-21)24-18(26-19)23-13-15-3-5-16(20)6-4-15/h3-6,14H,7-13,21H2,1-2H3,(H2,22,23,24,25,26). The first-order chi connectivity index (χ1) is 14.1. The van der Waals surface area contributed by atoms with Crippen molar-refractivity contribution in [3.63, 3.8) is 0 Å². The van der Waals surface area contributed by atoms with Gasteiger partial charge >= 0.3 is 6.01 Å². The molecular formula is C19H29BrN6O3. The van der Waals surface area contributed by atoms with E-state index >= 15 is 0 Å². The maximum atomic E-state index is 5.64. The summed E-state index contributed by atoms with van der Waals surface area (Å²) in [5.74, 6) is 0.870. The largest absolute Gasteiger partial charge is 0.461 e. The van der Waals surface area contributed by atoms with Crippen molar-refractivity contribution in [3.8, 4) is 6.01 Å². The monoisotopic (exact) mass is 468 g/mol. The fourth-order valence-corrected chi connectivity index (χ4v) is 2.47. The van der Waals surface area contributed by atoms with E-state index in [0.29, 0.717) is 58.0 Å². The zero-order valence-electron chi connectivity index (χ0n) is 16.9. The van der Waals surface area contributed by atoms with Gasteiger partial charge in [0.2, 0.25) is 11.9 Å². The van der Waals surface area contributed by atoms with Gasteiger partial charge in [-0.25, -0.2) is 0 Å². The summed E-state index contributed by atoms with van der Waals surface area (Å²) >= 11 is 3.43. The third kappa shape index (κ3) is 9.84. The van der Waals surface area contributed by atoms with Crippen molar-refractivity contribution in [2.24, 2.45) is 5.73 Å². The van der Waals surface area contributed by atoms with Gasteiger partial charge in [0, 0.05) is 24.1 Å². The van der Waals surface area contributed by atoms with Crippen molar-refractivity contribution in [3.05, 3.63) is 34.3 Å². The Bertz CT molecular complexity index is 718. The summed E-state index contributed by atoms with van der Waals surface area (Å²) in [5.41, 5.74) is 6.47. The highest BCUT2D eigenvalue weighted by Crippen LogP contribution is 2.15. The van der Waals surface area contributed by atoms with Crippen molar-refractivity contribution < 1.29 is 14.2 Å². The molecule has 1 aromatic heterocycles. The summed E-state index contributed by atoms with van der Waals surface area (Å²) in [7, 11) is 0. The maximum Gasteiger partial charge on any atom is 0.323 e. The Balaban J connectivity index is 1.87. The molecule has 4 N–H and O–H groups in total. The molecule has 0 unspecified atom stereocenters. The molecule has 0 saturated heterocycles. The molecule has 1 aromatic carbocycles. The molecule has 2 rings (SSSR count). The zero-order chi connectivity index (χ0) is 20.9. The van der Waals surface area contributed by atoms with E-state index in [4.69, 9.17) is 19.9 Å². The van der Waals surface area contributed by atoms with E-state index < -0.39 is 0 Å². The molecule has 10 heteroatoms. The van der Waals surface area contributed by atoms with Gasteiger partial charge in [0.15, 0.2) is 0 Å². The van der Waals surface area contributed by atoms with Crippen LogP contribution in [0.3, 0.4) is 0 Å². The summed E-state index contributed by atoms with van der Waals surface area (Å²) in [4.78, 5) is 13.0. The van der Waals surface area contributed by atoms with E-state index in [-0.39, 0.29) is 12.1 Å². The molecule has 160 valence electrons. The van der Waals surface area contributed by atoms with Crippen molar-refractivity contribution >= 4 is 27.8 Å². The summed E-state index contributed by atoms with van der Waals surface area (Å²) in [6, 6.07) is 8.30. The first-order valence-electron chi connectivity index (χ1n) is 9.57. The smallest absolute Gasteiger partial charge is 0.323 e. The second kappa shape index (κ2) is 13.3. The zero-order valence-corrected chi connectivity index (χ0v) is 18.4. The number of halogens is 1. The molecular weight excluding hydrogens is 440 g/mol. The molecule has 0 saturated carbocycles. The Labute approximate surface area is 179 Å². The number of hydrogen-bond acceptors (Lipinski definition) is 9. The highest BCUT2D eigenvalue weighted by Gasteiger charge is 2.09. The Morgan fingerprint density at radius 1 is 0.931 bits per heavy atom. The molecule has 0 aliphatic carbocycles. The van der Waals surface area contributed by atoms with E-state index in [9.17, 15) is 0 Å². The summed E-state index contributed by atoms with van der Waals surface area (Å²) in [6.07, 6.45) is -0.0403. The van der Waals surface area contributed by atoms with Gasteiger partial charge in [-0.2, -0.15) is 15.0 Å². The number of nitrogens with zero attached hydrogens (tertiary/aromatic N) is 3. The van der Waals surface area contributed by atoms with Crippen LogP contribution in [0.1, 0.15) is 19.4 Å². The number of benzene rings is 1. The quantitative estimate of drug-likeness (QED) is 0.359. The molecule has 0 fully saturated rings. The van der Waals surface area contributed by atoms with Gasteiger partial charge in [0.1, 0.15) is 0 Å². The number of rotatable bonds is 14. The van der Waals surface area contributed by atoms with Gasteiger partial charge < -0.3 is 30.6 Å². The van der Waals surface area contributed by atoms with Crippen LogP contribution in [-0.2, 0) is 16.0 Å². The van der Waals surface area contributed by atoms with E-state index in [1.54, 1.807) is 0 Å². The molecule has 0 atom stereocenters. The fraction of sp³-hybridized carbons (Fsp3) is 0.526. The van der Waals surface area contributed by atoms with Gasteiger partial charge in [-0.3, -0.25) is 0 Å². The lowest BCUT2D eigenvalue weighted by atomic mass is 10.2. The van der Waals surface area contributed by atoms with Crippen LogP contribution in [0.25, 0.3) is 0 Å². The SMILES string of the molecule is CC(C)Oc1nc(NCCOCCOCCN)nc(NCc2ccc(Br)cc2)n1. The summed E-state index contributed by atoms with van der Waals surface area (Å²) < 4.78 is 17.4. The normalized spacial score (nSPS) is 10.9. The number of nitrogens with two attached hydrogens (primary N) is 1. The number of aromatic nitrogens is 3. The van der Waals surface area contributed by atoms with Crippen molar-refractivity contribution in [1.29, 1.82) is 0 Å². The van der Waals surface area contributed by atoms with E-state index in [1.807, 2.05) is 38.1 Å². The second-order valence-electron chi connectivity index (χ2n) is 6.35. The third-order valence-electron chi connectivity index (χ3n) is 3.48. The Morgan fingerprint density at radius 3 is 2.24 bits per heavy atom. The second-order valence-corrected chi connectivity index (χ2v) is 7.27. The van der Waals surface area contributed by atoms with Gasteiger partial charge in [-0.15, -0.1) is 0 Å². The van der Waals surface area contributed by atoms with Gasteiger partial charge in [0.05, 0.1) is 32.5 Å². The van der Waals surface area contributed by atoms with Crippen LogP contribution >= 0.6 is 15.9 Å². The number of hydrogen-bond donors (Lipinski definition) is 3. The van der Waals surface area contributed by atoms with Crippen LogP contribution < -0.4 is 21.1 Å². The average Bonchev–Trinajstić information content (AvgIpc) is 2.69. The minimum atomic E-state index is -0.0403. The van der Waals surface area contributed by atoms with Gasteiger partial charge in [0.25, 0.3) is 0 Å².